The maximum Gasteiger partial charge on any atom is 0.307 e. The molecule has 0 radical (unpaired) electrons. The number of nitrogens with one attached hydrogen (secondary N) is 1. The van der Waals surface area contributed by atoms with Gasteiger partial charge in [-0.2, -0.15) is 0 Å². The molecule has 0 saturated carbocycles. The van der Waals surface area contributed by atoms with E-state index in [4.69, 9.17) is 16.3 Å². The molecule has 0 bridgehead atoms. The fourth-order valence-corrected chi connectivity index (χ4v) is 3.11. The van der Waals surface area contributed by atoms with Crippen molar-refractivity contribution in [3.05, 3.63) is 50.4 Å². The number of hydrogen-bond donors (Lipinski definition) is 1. The molecule has 1 aromatic carbocycles. The maximum absolute atomic E-state index is 12.5. The number of aryl methyl sites for hydroxylation is 2. The van der Waals surface area contributed by atoms with E-state index in [9.17, 15) is 9.59 Å². The average Bonchev–Trinajstić information content (AvgIpc) is 2.86. The van der Waals surface area contributed by atoms with Crippen LogP contribution in [0.3, 0.4) is 0 Å². The summed E-state index contributed by atoms with van der Waals surface area (Å²) >= 11 is 7.22. The normalized spacial score (nSPS) is 11.8. The lowest BCUT2D eigenvalue weighted by Crippen LogP contribution is -2.30. The summed E-state index contributed by atoms with van der Waals surface area (Å²) in [4.78, 5) is 28.9. The van der Waals surface area contributed by atoms with E-state index in [1.165, 1.54) is 18.4 Å². The minimum absolute atomic E-state index is 0.0424. The first kappa shape index (κ1) is 17.4. The van der Waals surface area contributed by atoms with Gasteiger partial charge in [0.15, 0.2) is 0 Å². The van der Waals surface area contributed by atoms with Gasteiger partial charge in [-0.15, -0.1) is 11.3 Å². The van der Waals surface area contributed by atoms with Gasteiger partial charge in [0.1, 0.15) is 4.88 Å². The second-order valence-electron chi connectivity index (χ2n) is 5.01. The van der Waals surface area contributed by atoms with E-state index < -0.39 is 12.0 Å². The van der Waals surface area contributed by atoms with Gasteiger partial charge in [-0.25, -0.2) is 4.98 Å². The van der Waals surface area contributed by atoms with Crippen LogP contribution in [0.5, 0.6) is 0 Å². The first-order valence-electron chi connectivity index (χ1n) is 6.98. The highest BCUT2D eigenvalue weighted by molar-refractivity contribution is 7.13. The molecule has 5 nitrogen and oxygen atoms in total. The van der Waals surface area contributed by atoms with Gasteiger partial charge in [0.25, 0.3) is 5.91 Å². The van der Waals surface area contributed by atoms with Gasteiger partial charge in [-0.3, -0.25) is 9.59 Å². The Kier molecular flexibility index (Phi) is 5.74. The third kappa shape index (κ3) is 4.53. The van der Waals surface area contributed by atoms with Crippen LogP contribution in [0.15, 0.2) is 24.3 Å². The van der Waals surface area contributed by atoms with Crippen molar-refractivity contribution in [1.82, 2.24) is 10.3 Å². The number of hydrogen-bond acceptors (Lipinski definition) is 5. The molecule has 0 fully saturated rings. The van der Waals surface area contributed by atoms with Gasteiger partial charge in [-0.05, 0) is 31.5 Å². The number of methoxy groups -OCH3 is 1. The summed E-state index contributed by atoms with van der Waals surface area (Å²) < 4.78 is 4.72. The summed E-state index contributed by atoms with van der Waals surface area (Å²) in [5.74, 6) is -0.653. The Balaban J connectivity index is 2.23. The molecule has 1 N–H and O–H groups in total. The summed E-state index contributed by atoms with van der Waals surface area (Å²) in [6, 6.07) is 6.50. The van der Waals surface area contributed by atoms with E-state index in [0.29, 0.717) is 15.6 Å². The van der Waals surface area contributed by atoms with E-state index in [1.54, 1.807) is 31.2 Å². The molecule has 0 unspecified atom stereocenters. The van der Waals surface area contributed by atoms with Gasteiger partial charge in [0, 0.05) is 5.02 Å². The molecule has 23 heavy (non-hydrogen) atoms. The maximum atomic E-state index is 12.5. The minimum Gasteiger partial charge on any atom is -0.469 e. The quantitative estimate of drug-likeness (QED) is 0.837. The lowest BCUT2D eigenvalue weighted by atomic mass is 10.0. The summed E-state index contributed by atoms with van der Waals surface area (Å²) in [5, 5.41) is 4.29. The number of thiazole rings is 1. The number of amides is 1. The van der Waals surface area contributed by atoms with Gasteiger partial charge in [0.05, 0.1) is 30.3 Å². The van der Waals surface area contributed by atoms with Gasteiger partial charge in [-0.1, -0.05) is 23.7 Å². The number of benzene rings is 1. The van der Waals surface area contributed by atoms with Crippen molar-refractivity contribution in [3.63, 3.8) is 0 Å². The van der Waals surface area contributed by atoms with E-state index in [2.05, 4.69) is 10.3 Å². The predicted molar refractivity (Wildman–Crippen MR) is 89.9 cm³/mol. The number of rotatable bonds is 5. The number of aromatic nitrogens is 1. The highest BCUT2D eigenvalue weighted by Gasteiger charge is 2.22. The molecular formula is C16H17ClN2O3S. The van der Waals surface area contributed by atoms with Crippen LogP contribution in [0.25, 0.3) is 0 Å². The molecule has 0 aliphatic heterocycles. The molecular weight excluding hydrogens is 336 g/mol. The zero-order valence-electron chi connectivity index (χ0n) is 13.1. The molecule has 2 rings (SSSR count). The van der Waals surface area contributed by atoms with Crippen molar-refractivity contribution in [1.29, 1.82) is 0 Å². The fraction of sp³-hybridized carbons (Fsp3) is 0.312. The van der Waals surface area contributed by atoms with E-state index >= 15 is 0 Å². The highest BCUT2D eigenvalue weighted by atomic mass is 35.5. The van der Waals surface area contributed by atoms with Crippen molar-refractivity contribution in [2.45, 2.75) is 26.3 Å². The zero-order chi connectivity index (χ0) is 17.0. The smallest absolute Gasteiger partial charge is 0.307 e. The van der Waals surface area contributed by atoms with Crippen molar-refractivity contribution in [2.24, 2.45) is 0 Å². The van der Waals surface area contributed by atoms with Crippen LogP contribution >= 0.6 is 22.9 Å². The van der Waals surface area contributed by atoms with Gasteiger partial charge >= 0.3 is 5.97 Å². The van der Waals surface area contributed by atoms with Crippen LogP contribution in [0.1, 0.15) is 38.4 Å². The molecule has 1 aromatic heterocycles. The van der Waals surface area contributed by atoms with E-state index in [-0.39, 0.29) is 12.3 Å². The van der Waals surface area contributed by atoms with Crippen LogP contribution < -0.4 is 5.32 Å². The van der Waals surface area contributed by atoms with Crippen LogP contribution in [0.4, 0.5) is 0 Å². The topological polar surface area (TPSA) is 68.3 Å². The molecule has 7 heteroatoms. The van der Waals surface area contributed by atoms with Crippen LogP contribution in [0.2, 0.25) is 5.02 Å². The van der Waals surface area contributed by atoms with Crippen LogP contribution in [-0.2, 0) is 9.53 Å². The fourth-order valence-electron chi connectivity index (χ4n) is 2.16. The molecule has 122 valence electrons. The lowest BCUT2D eigenvalue weighted by molar-refractivity contribution is -0.141. The molecule has 1 atom stereocenters. The van der Waals surface area contributed by atoms with Gasteiger partial charge < -0.3 is 10.1 Å². The zero-order valence-corrected chi connectivity index (χ0v) is 14.6. The van der Waals surface area contributed by atoms with Crippen molar-refractivity contribution in [2.75, 3.05) is 7.11 Å². The molecule has 0 aliphatic carbocycles. The standard InChI is InChI=1S/C16H17ClN2O3S/c1-9-15(23-10(2)18-9)16(21)19-13(8-14(20)22-3)11-4-6-12(17)7-5-11/h4-7,13H,8H2,1-3H3,(H,19,21)/t13-/m0/s1. The Hall–Kier alpha value is -1.92. The Morgan fingerprint density at radius 2 is 1.96 bits per heavy atom. The summed E-state index contributed by atoms with van der Waals surface area (Å²) in [6.07, 6.45) is 0.0424. The van der Waals surface area contributed by atoms with Crippen molar-refractivity contribution in [3.8, 4) is 0 Å². The largest absolute Gasteiger partial charge is 0.469 e. The monoisotopic (exact) mass is 352 g/mol. The second kappa shape index (κ2) is 7.57. The number of ether oxygens (including phenoxy) is 1. The Bertz CT molecular complexity index is 713. The van der Waals surface area contributed by atoms with Gasteiger partial charge in [0.2, 0.25) is 0 Å². The van der Waals surface area contributed by atoms with E-state index in [0.717, 1.165) is 10.6 Å². The first-order chi connectivity index (χ1) is 10.9. The third-order valence-electron chi connectivity index (χ3n) is 3.29. The first-order valence-corrected chi connectivity index (χ1v) is 8.17. The summed E-state index contributed by atoms with van der Waals surface area (Å²) in [5.41, 5.74) is 1.46. The number of carbonyl (C=O) groups excluding carboxylic acids is 2. The summed E-state index contributed by atoms with van der Waals surface area (Å²) in [7, 11) is 1.32. The minimum atomic E-state index is -0.492. The molecule has 0 spiro atoms. The highest BCUT2D eigenvalue weighted by Crippen LogP contribution is 2.23. The average molecular weight is 353 g/mol. The third-order valence-corrected chi connectivity index (χ3v) is 4.61. The van der Waals surface area contributed by atoms with E-state index in [1.807, 2.05) is 6.92 Å². The summed E-state index contributed by atoms with van der Waals surface area (Å²) in [6.45, 7) is 3.63. The Morgan fingerprint density at radius 1 is 1.30 bits per heavy atom. The lowest BCUT2D eigenvalue weighted by Gasteiger charge is -2.18. The second-order valence-corrected chi connectivity index (χ2v) is 6.64. The van der Waals surface area contributed by atoms with Crippen LogP contribution in [-0.4, -0.2) is 24.0 Å². The Labute approximate surface area is 143 Å². The molecule has 0 saturated heterocycles. The number of nitrogens with zero attached hydrogens (tertiary/aromatic N) is 1. The van der Waals surface area contributed by atoms with Crippen molar-refractivity contribution < 1.29 is 14.3 Å². The Morgan fingerprint density at radius 3 is 2.48 bits per heavy atom. The molecule has 1 amide bonds. The van der Waals surface area contributed by atoms with Crippen molar-refractivity contribution >= 4 is 34.8 Å². The van der Waals surface area contributed by atoms with Crippen LogP contribution in [0, 0.1) is 13.8 Å². The number of carbonyl (C=O) groups is 2. The molecule has 1 heterocycles. The molecule has 0 aliphatic rings. The number of halogens is 1. The predicted octanol–water partition coefficient (Wildman–Crippen LogP) is 3.45. The molecule has 2 aromatic rings. The number of esters is 1. The SMILES string of the molecule is COC(=O)C[C@H](NC(=O)c1sc(C)nc1C)c1ccc(Cl)cc1.